The molecule has 0 spiro atoms. The van der Waals surface area contributed by atoms with Gasteiger partial charge in [0.1, 0.15) is 29.5 Å². The van der Waals surface area contributed by atoms with Crippen molar-refractivity contribution in [2.24, 2.45) is 0 Å². The van der Waals surface area contributed by atoms with E-state index < -0.39 is 76.9 Å². The summed E-state index contributed by atoms with van der Waals surface area (Å²) in [4.78, 5) is 154. The molecule has 0 aliphatic carbocycles. The number of hydrogen-bond acceptors (Lipinski definition) is 20. The number of aryl methyl sites for hydroxylation is 5. The van der Waals surface area contributed by atoms with Gasteiger partial charge in [-0.15, -0.1) is 13.2 Å². The second kappa shape index (κ2) is 57.7. The van der Waals surface area contributed by atoms with Gasteiger partial charge >= 0.3 is 30.2 Å². The van der Waals surface area contributed by atoms with E-state index in [2.05, 4.69) is 70.8 Å². The summed E-state index contributed by atoms with van der Waals surface area (Å²) in [5.74, 6) is -9.50. The fourth-order valence-corrected chi connectivity index (χ4v) is 14.5. The van der Waals surface area contributed by atoms with Crippen LogP contribution in [-0.2, 0) is 38.5 Å². The van der Waals surface area contributed by atoms with Crippen LogP contribution in [0.3, 0.4) is 0 Å². The van der Waals surface area contributed by atoms with Crippen molar-refractivity contribution in [3.63, 3.8) is 0 Å². The molecule has 0 bridgehead atoms. The number of unbranched alkanes of at least 4 members (excludes halogenated alkanes) is 3. The molecule has 0 unspecified atom stereocenters. The van der Waals surface area contributed by atoms with Gasteiger partial charge in [-0.2, -0.15) is 15.8 Å². The predicted octanol–water partition coefficient (Wildman–Crippen LogP) is 22.3. The lowest BCUT2D eigenvalue weighted by atomic mass is 9.92. The number of ketones is 4. The van der Waals surface area contributed by atoms with Gasteiger partial charge in [-0.3, -0.25) is 43.2 Å². The summed E-state index contributed by atoms with van der Waals surface area (Å²) in [6.07, 6.45) is 5.93. The number of carbonyl (C=O) groups is 13. The molecule has 12 N–H and O–H groups in total. The number of alkyl halides is 3. The van der Waals surface area contributed by atoms with Crippen LogP contribution in [0.2, 0.25) is 0 Å². The van der Waals surface area contributed by atoms with Crippen LogP contribution in [0.1, 0.15) is 283 Å². The van der Waals surface area contributed by atoms with Crippen molar-refractivity contribution in [1.29, 1.82) is 15.8 Å². The first-order valence-corrected chi connectivity index (χ1v) is 45.8. The van der Waals surface area contributed by atoms with E-state index in [1.807, 2.05) is 24.3 Å². The van der Waals surface area contributed by atoms with E-state index in [0.717, 1.165) is 98.2 Å². The minimum Gasteiger partial charge on any atom is -0.508 e. The largest absolute Gasteiger partial charge is 0.573 e. The smallest absolute Gasteiger partial charge is 0.508 e. The Kier molecular flexibility index (Phi) is 45.4. The minimum atomic E-state index is -4.93. The summed E-state index contributed by atoms with van der Waals surface area (Å²) in [5.41, 5.74) is 9.25. The molecule has 29 nitrogen and oxygen atoms in total. The Balaban J connectivity index is 0.000000237. The van der Waals surface area contributed by atoms with Gasteiger partial charge in [0.25, 0.3) is 29.5 Å². The Morgan fingerprint density at radius 1 is 0.329 bits per heavy atom. The molecule has 0 fully saturated rings. The highest BCUT2D eigenvalue weighted by Crippen LogP contribution is 2.32. The van der Waals surface area contributed by atoms with Gasteiger partial charge in [-0.05, 0) is 246 Å². The molecule has 5 amide bonds. The third-order valence-electron chi connectivity index (χ3n) is 21.8. The van der Waals surface area contributed by atoms with Crippen LogP contribution in [0.5, 0.6) is 5.75 Å². The molecule has 0 atom stereocenters. The average molecular weight is 1990 g/mol. The fourth-order valence-electron chi connectivity index (χ4n) is 14.5. The van der Waals surface area contributed by atoms with Crippen molar-refractivity contribution in [2.45, 2.75) is 138 Å². The maximum Gasteiger partial charge on any atom is 0.573 e. The van der Waals surface area contributed by atoms with Gasteiger partial charge in [-0.25, -0.2) is 23.6 Å². The van der Waals surface area contributed by atoms with Gasteiger partial charge in [-0.1, -0.05) is 174 Å². The number of carboxylic acids is 4. The number of carbonyl (C=O) groups excluding carboxylic acids is 9. The van der Waals surface area contributed by atoms with E-state index in [4.69, 9.17) is 30.8 Å². The summed E-state index contributed by atoms with van der Waals surface area (Å²) < 4.78 is 54.5. The van der Waals surface area contributed by atoms with Gasteiger partial charge in [0.2, 0.25) is 0 Å². The summed E-state index contributed by atoms with van der Waals surface area (Å²) in [5, 5.41) is 104. The Labute approximate surface area is 839 Å². The van der Waals surface area contributed by atoms with E-state index in [0.29, 0.717) is 87.3 Å². The maximum atomic E-state index is 13.9. The molecule has 33 heteroatoms. The third kappa shape index (κ3) is 35.1. The predicted molar refractivity (Wildman–Crippen MR) is 542 cm³/mol. The zero-order valence-electron chi connectivity index (χ0n) is 80.5. The first kappa shape index (κ1) is 115. The third-order valence-corrected chi connectivity index (χ3v) is 21.8. The van der Waals surface area contributed by atoms with Crippen LogP contribution in [0.4, 0.5) is 46.0 Å². The summed E-state index contributed by atoms with van der Waals surface area (Å²) in [7, 11) is 0. The average Bonchev–Trinajstić information content (AvgIpc) is 0.672. The molecule has 0 saturated heterocycles. The number of amides is 5. The van der Waals surface area contributed by atoms with E-state index in [1.165, 1.54) is 106 Å². The van der Waals surface area contributed by atoms with E-state index >= 15 is 0 Å². The number of halogens is 4. The van der Waals surface area contributed by atoms with Crippen LogP contribution < -0.4 is 31.3 Å². The molecule has 0 heterocycles. The Hall–Kier alpha value is -18.0. The molecule has 12 rings (SSSR count). The van der Waals surface area contributed by atoms with Crippen molar-refractivity contribution in [3.8, 4) is 24.0 Å². The Bertz CT molecular complexity index is 6950. The number of hydrogen-bond donors (Lipinski definition) is 12. The molecule has 0 aliphatic heterocycles. The molecule has 752 valence electrons. The van der Waals surface area contributed by atoms with Crippen LogP contribution in [0.25, 0.3) is 5.76 Å². The van der Waals surface area contributed by atoms with Gasteiger partial charge in [0.15, 0.2) is 23.1 Å². The molecule has 0 aromatic heterocycles. The van der Waals surface area contributed by atoms with Crippen LogP contribution >= 0.6 is 0 Å². The first-order chi connectivity index (χ1) is 69.7. The number of nitriles is 3. The highest BCUT2D eigenvalue weighted by Gasteiger charge is 2.33. The van der Waals surface area contributed by atoms with Gasteiger partial charge < -0.3 is 67.1 Å². The number of nitrogens with one attached hydrogen (secondary N) is 5. The lowest BCUT2D eigenvalue weighted by Crippen LogP contribution is -2.18. The fraction of sp³-hybridized carbons (Fsp3) is 0.204. The van der Waals surface area contributed by atoms with E-state index in [-0.39, 0.29) is 116 Å². The Morgan fingerprint density at radius 3 is 1.06 bits per heavy atom. The normalized spacial score (nSPS) is 10.3. The number of Topliss-reactive ketones (excluding diaryl/α,β-unsaturated/α-hetero) is 4. The zero-order chi connectivity index (χ0) is 107. The number of nitrogens with zero attached hydrogens (tertiary/aromatic N) is 3. The Morgan fingerprint density at radius 2 is 0.651 bits per heavy atom. The number of benzene rings is 12. The number of carboxylic acid groups (broad SMARTS) is 4. The summed E-state index contributed by atoms with van der Waals surface area (Å²) in [6.45, 7) is 14.1. The summed E-state index contributed by atoms with van der Waals surface area (Å²) >= 11 is 0. The number of rotatable bonds is 37. The first-order valence-electron chi connectivity index (χ1n) is 45.8. The monoisotopic (exact) mass is 1990 g/mol. The topological polar surface area (TPSA) is 504 Å². The SMILES string of the molecule is C=C(O)c1ccccc1C(=O)Cc1ccc(CCCO)cc1C(C)=O.CC(=O)c1ccccc1C(=O)Nc1ccc(OC(F)(F)F)c(C#N)c1.CCCCc1ccc(NC(=O)c2ccccc2C(=O)O)c(C#N)c1.CCCCc1ccc(NC(=O)c2ccccc2C(=O)O)cc1C#N.CCCCc1ccc(NC(=O)c2ccccc2C(=O)O)cc1C(C)=O.O=C(O)c1ccccc1C(=O)Nc1ccc(CCCO)c(F)c1. The maximum absolute atomic E-state index is 13.9. The molecular formula is C113H106F4N8O21. The van der Waals surface area contributed by atoms with Gasteiger partial charge in [0.05, 0.1) is 78.5 Å². The van der Waals surface area contributed by atoms with E-state index in [9.17, 15) is 101 Å². The van der Waals surface area contributed by atoms with Crippen molar-refractivity contribution < 1.29 is 120 Å². The van der Waals surface area contributed by atoms with Crippen molar-refractivity contribution >= 4 is 111 Å². The number of anilines is 5. The number of aromatic carboxylic acids is 4. The van der Waals surface area contributed by atoms with Crippen LogP contribution in [0.15, 0.2) is 261 Å². The van der Waals surface area contributed by atoms with Crippen molar-refractivity contribution in [3.05, 3.63) is 395 Å². The van der Waals surface area contributed by atoms with Crippen molar-refractivity contribution in [2.75, 3.05) is 39.8 Å². The summed E-state index contributed by atoms with van der Waals surface area (Å²) in [6, 6.07) is 71.0. The second-order valence-corrected chi connectivity index (χ2v) is 32.5. The molecule has 12 aromatic rings. The quantitative estimate of drug-likeness (QED) is 0.00977. The second-order valence-electron chi connectivity index (χ2n) is 32.5. The van der Waals surface area contributed by atoms with Gasteiger partial charge in [0, 0.05) is 70.2 Å². The standard InChI is InChI=1S/C21H22O4.C20H21NO4.2C19H18N2O3.C17H11F3N2O3.C17H16FNO4/c1-14(23)18-7-3-4-8-19(18)21(25)13-17-10-9-16(6-5-11-22)12-20(17)15(2)24;1-3-4-7-14-10-11-15(12-18(14)13(2)22)21-19(23)16-8-5-6-9-17(16)20(24)25;1-2-3-6-13-9-10-15(11-14(13)12-20)21-18(22)16-7-4-5-8-17(16)19(23)24;1-2-3-6-13-9-10-17(14(11-13)12-20)21-18(22)15-7-4-5-8-16(15)19(23)24;1-10(23)13-4-2-3-5-14(13)16(24)22-12-6-7-15(11(8-12)9-21)25-17(18,19)20;18-15-10-12(8-7-11(15)4-3-9-20)19-16(21)13-5-1-2-6-14(13)17(22)23/h3-4,7-10,12,22-23H,1,5-6,11,13H2,2H3;5-6,8-12H,3-4,7H2,1-2H3,(H,21,23)(H,24,25);2*4-5,7-11H,2-3,6H2,1H3,(H,21,22)(H,23,24);2-8H,1H3,(H,22,24);1-2,5-8,10,20H,3-4,9H2,(H,19,21)(H,22,23). The van der Waals surface area contributed by atoms with Crippen LogP contribution in [-0.4, -0.2) is 132 Å². The highest BCUT2D eigenvalue weighted by atomic mass is 19.4. The molecule has 0 saturated carbocycles. The lowest BCUT2D eigenvalue weighted by molar-refractivity contribution is -0.274. The highest BCUT2D eigenvalue weighted by molar-refractivity contribution is 6.15. The number of ether oxygens (including phenoxy) is 1. The lowest BCUT2D eigenvalue weighted by Gasteiger charge is -2.12. The van der Waals surface area contributed by atoms with Crippen molar-refractivity contribution in [1.82, 2.24) is 0 Å². The molecule has 146 heavy (non-hydrogen) atoms. The number of aliphatic hydroxyl groups is 3. The molecule has 12 aromatic carbocycles. The molecule has 0 aliphatic rings. The van der Waals surface area contributed by atoms with Crippen LogP contribution in [0, 0.1) is 39.8 Å². The minimum absolute atomic E-state index is 0.00441. The number of aliphatic hydroxyl groups excluding tert-OH is 3. The molecular weight excluding hydrogens is 1880 g/mol. The zero-order valence-corrected chi connectivity index (χ0v) is 80.5. The molecule has 0 radical (unpaired) electrons. The van der Waals surface area contributed by atoms with E-state index in [1.54, 1.807) is 133 Å².